The minimum atomic E-state index is 0.908. The van der Waals surface area contributed by atoms with Crippen molar-refractivity contribution in [3.63, 3.8) is 0 Å². The fraction of sp³-hybridized carbons (Fsp3) is 0.0476. The van der Waals surface area contributed by atoms with Crippen LogP contribution in [-0.2, 0) is 0 Å². The van der Waals surface area contributed by atoms with Crippen molar-refractivity contribution in [2.75, 3.05) is 7.11 Å². The van der Waals surface area contributed by atoms with E-state index in [1.54, 1.807) is 7.11 Å². The second kappa shape index (κ2) is 5.85. The summed E-state index contributed by atoms with van der Waals surface area (Å²) in [5, 5.41) is 5.13. The van der Waals surface area contributed by atoms with Crippen molar-refractivity contribution < 1.29 is 4.74 Å². The molecule has 0 aromatic heterocycles. The molecule has 0 radical (unpaired) electrons. The van der Waals surface area contributed by atoms with E-state index in [0.29, 0.717) is 0 Å². The Hall–Kier alpha value is -2.07. The molecule has 0 saturated carbocycles. The van der Waals surface area contributed by atoms with Crippen molar-refractivity contribution in [3.8, 4) is 16.9 Å². The lowest BCUT2D eigenvalue weighted by atomic mass is 9.93. The number of ether oxygens (including phenoxy) is 1. The van der Waals surface area contributed by atoms with Gasteiger partial charge in [-0.1, -0.05) is 66.7 Å². The predicted octanol–water partition coefficient (Wildman–Crippen LogP) is 6.27. The summed E-state index contributed by atoms with van der Waals surface area (Å²) in [6, 6.07) is 25.5. The summed E-state index contributed by atoms with van der Waals surface area (Å²) in [5.74, 6) is 0.908. The third-order valence-electron chi connectivity index (χ3n) is 4.25. The topological polar surface area (TPSA) is 9.23 Å². The van der Waals surface area contributed by atoms with Gasteiger partial charge in [0.2, 0.25) is 0 Å². The molecule has 0 N–H and O–H groups in total. The lowest BCUT2D eigenvalue weighted by Crippen LogP contribution is -1.93. The van der Waals surface area contributed by atoms with Crippen molar-refractivity contribution in [1.82, 2.24) is 0 Å². The van der Waals surface area contributed by atoms with Gasteiger partial charge in [-0.25, -0.2) is 0 Å². The van der Waals surface area contributed by atoms with Crippen LogP contribution in [0.25, 0.3) is 32.7 Å². The third kappa shape index (κ3) is 2.29. The van der Waals surface area contributed by atoms with E-state index in [2.05, 4.69) is 83.3 Å². The maximum atomic E-state index is 5.61. The molecule has 4 aromatic rings. The fourth-order valence-electron chi connectivity index (χ4n) is 3.21. The highest BCUT2D eigenvalue weighted by atomic mass is 127. The van der Waals surface area contributed by atoms with E-state index in [0.717, 1.165) is 11.3 Å². The minimum Gasteiger partial charge on any atom is -0.496 e. The molecule has 0 unspecified atom stereocenters. The molecule has 0 aliphatic heterocycles. The first kappa shape index (κ1) is 14.5. The molecule has 0 fully saturated rings. The largest absolute Gasteiger partial charge is 0.496 e. The Morgan fingerprint density at radius 3 is 1.87 bits per heavy atom. The van der Waals surface area contributed by atoms with E-state index < -0.39 is 0 Å². The van der Waals surface area contributed by atoms with Crippen LogP contribution in [0.15, 0.2) is 72.8 Å². The smallest absolute Gasteiger partial charge is 0.126 e. The van der Waals surface area contributed by atoms with E-state index in [1.165, 1.54) is 30.7 Å². The number of hydrogen-bond donors (Lipinski definition) is 0. The van der Waals surface area contributed by atoms with Crippen LogP contribution in [0.1, 0.15) is 0 Å². The molecule has 4 aromatic carbocycles. The Morgan fingerprint density at radius 2 is 1.17 bits per heavy atom. The van der Waals surface area contributed by atoms with Gasteiger partial charge in [-0.2, -0.15) is 0 Å². The summed E-state index contributed by atoms with van der Waals surface area (Å²) in [5.41, 5.74) is 2.39. The van der Waals surface area contributed by atoms with Gasteiger partial charge in [0.05, 0.1) is 7.11 Å². The van der Waals surface area contributed by atoms with Crippen LogP contribution >= 0.6 is 22.6 Å². The first-order chi connectivity index (χ1) is 11.3. The maximum Gasteiger partial charge on any atom is 0.126 e. The summed E-state index contributed by atoms with van der Waals surface area (Å²) in [7, 11) is 1.73. The highest BCUT2D eigenvalue weighted by molar-refractivity contribution is 14.1. The van der Waals surface area contributed by atoms with Crippen molar-refractivity contribution >= 4 is 44.1 Å². The molecule has 2 heteroatoms. The van der Waals surface area contributed by atoms with E-state index in [9.17, 15) is 0 Å². The van der Waals surface area contributed by atoms with Crippen molar-refractivity contribution in [2.24, 2.45) is 0 Å². The summed E-state index contributed by atoms with van der Waals surface area (Å²) in [6.45, 7) is 0. The second-order valence-electron chi connectivity index (χ2n) is 5.48. The molecule has 0 heterocycles. The molecular formula is C21H15IO. The predicted molar refractivity (Wildman–Crippen MR) is 106 cm³/mol. The molecule has 0 aliphatic carbocycles. The SMILES string of the molecule is COc1ccccc1-c1c(I)c2ccccc2c2ccccc12. The number of hydrogen-bond acceptors (Lipinski definition) is 1. The van der Waals surface area contributed by atoms with Crippen LogP contribution in [-0.4, -0.2) is 7.11 Å². The van der Waals surface area contributed by atoms with Gasteiger partial charge in [-0.15, -0.1) is 0 Å². The van der Waals surface area contributed by atoms with Gasteiger partial charge in [0.15, 0.2) is 0 Å². The number of fused-ring (bicyclic) bond motifs is 3. The highest BCUT2D eigenvalue weighted by Gasteiger charge is 2.16. The fourth-order valence-corrected chi connectivity index (χ4v) is 4.26. The van der Waals surface area contributed by atoms with Crippen molar-refractivity contribution in [1.29, 1.82) is 0 Å². The molecule has 23 heavy (non-hydrogen) atoms. The first-order valence-corrected chi connectivity index (χ1v) is 8.61. The summed E-state index contributed by atoms with van der Waals surface area (Å²) in [6.07, 6.45) is 0. The van der Waals surface area contributed by atoms with Crippen LogP contribution in [0.5, 0.6) is 5.75 Å². The average molecular weight is 410 g/mol. The Balaban J connectivity index is 2.23. The molecule has 1 nitrogen and oxygen atoms in total. The molecule has 0 saturated heterocycles. The molecule has 0 bridgehead atoms. The number of rotatable bonds is 2. The Kier molecular flexibility index (Phi) is 3.69. The second-order valence-corrected chi connectivity index (χ2v) is 6.56. The van der Waals surface area contributed by atoms with Gasteiger partial charge in [-0.05, 0) is 50.2 Å². The van der Waals surface area contributed by atoms with E-state index in [-0.39, 0.29) is 0 Å². The van der Waals surface area contributed by atoms with Gasteiger partial charge < -0.3 is 4.74 Å². The van der Waals surface area contributed by atoms with Crippen molar-refractivity contribution in [2.45, 2.75) is 0 Å². The number of benzene rings is 4. The zero-order valence-corrected chi connectivity index (χ0v) is 14.9. The van der Waals surface area contributed by atoms with Crippen LogP contribution in [0.2, 0.25) is 0 Å². The molecule has 112 valence electrons. The highest BCUT2D eigenvalue weighted by Crippen LogP contribution is 2.42. The molecule has 4 rings (SSSR count). The molecule has 0 spiro atoms. The van der Waals surface area contributed by atoms with E-state index in [1.807, 2.05) is 12.1 Å². The summed E-state index contributed by atoms with van der Waals surface area (Å²) >= 11 is 2.47. The van der Waals surface area contributed by atoms with Gasteiger partial charge in [0.25, 0.3) is 0 Å². The molecule has 0 aliphatic rings. The van der Waals surface area contributed by atoms with E-state index in [4.69, 9.17) is 4.74 Å². The quantitative estimate of drug-likeness (QED) is 0.280. The van der Waals surface area contributed by atoms with Gasteiger partial charge >= 0.3 is 0 Å². The van der Waals surface area contributed by atoms with Gasteiger partial charge in [0.1, 0.15) is 5.75 Å². The number of halogens is 1. The Labute approximate surface area is 149 Å². The van der Waals surface area contributed by atoms with Crippen LogP contribution < -0.4 is 4.74 Å². The third-order valence-corrected chi connectivity index (χ3v) is 5.37. The normalized spacial score (nSPS) is 11.0. The van der Waals surface area contributed by atoms with Crippen molar-refractivity contribution in [3.05, 3.63) is 76.4 Å². The number of para-hydroxylation sites is 1. The zero-order chi connectivity index (χ0) is 15.8. The van der Waals surface area contributed by atoms with E-state index >= 15 is 0 Å². The number of methoxy groups -OCH3 is 1. The molecule has 0 atom stereocenters. The average Bonchev–Trinajstić information content (AvgIpc) is 2.62. The Bertz CT molecular complexity index is 1020. The van der Waals surface area contributed by atoms with Crippen LogP contribution in [0, 0.1) is 3.57 Å². The minimum absolute atomic E-state index is 0.908. The standard InChI is InChI=1S/C21H15IO/c1-23-19-13-7-6-12-18(19)20-16-10-4-2-8-14(16)15-9-3-5-11-17(15)21(20)22/h2-13H,1H3. The van der Waals surface area contributed by atoms with Gasteiger partial charge in [-0.3, -0.25) is 0 Å². The molecule has 0 amide bonds. The Morgan fingerprint density at radius 1 is 0.652 bits per heavy atom. The summed E-state index contributed by atoms with van der Waals surface area (Å²) in [4.78, 5) is 0. The lowest BCUT2D eigenvalue weighted by Gasteiger charge is -2.16. The maximum absolute atomic E-state index is 5.61. The van der Waals surface area contributed by atoms with Gasteiger partial charge in [0, 0.05) is 14.7 Å². The first-order valence-electron chi connectivity index (χ1n) is 7.53. The van der Waals surface area contributed by atoms with Crippen LogP contribution in [0.4, 0.5) is 0 Å². The van der Waals surface area contributed by atoms with Crippen LogP contribution in [0.3, 0.4) is 0 Å². The molecular weight excluding hydrogens is 395 g/mol. The lowest BCUT2D eigenvalue weighted by molar-refractivity contribution is 0.416. The zero-order valence-electron chi connectivity index (χ0n) is 12.7. The summed E-state index contributed by atoms with van der Waals surface area (Å²) < 4.78 is 6.88. The monoisotopic (exact) mass is 410 g/mol.